The molecule has 0 aromatic carbocycles. The third kappa shape index (κ3) is 8.73. The average Bonchev–Trinajstić information content (AvgIpc) is 2.77. The minimum absolute atomic E-state index is 0. The van der Waals surface area contributed by atoms with Gasteiger partial charge < -0.3 is 25.2 Å². The molecule has 0 aliphatic carbocycles. The molecule has 176 valence electrons. The lowest BCUT2D eigenvalue weighted by Gasteiger charge is -2.34. The van der Waals surface area contributed by atoms with Gasteiger partial charge in [-0.1, -0.05) is 6.07 Å². The Morgan fingerprint density at radius 2 is 1.90 bits per heavy atom. The molecule has 1 aromatic heterocycles. The van der Waals surface area contributed by atoms with Crippen molar-refractivity contribution >= 4 is 35.8 Å². The molecule has 2 fully saturated rings. The van der Waals surface area contributed by atoms with Gasteiger partial charge in [-0.3, -0.25) is 4.99 Å². The van der Waals surface area contributed by atoms with Crippen molar-refractivity contribution in [3.63, 3.8) is 0 Å². The van der Waals surface area contributed by atoms with E-state index in [9.17, 15) is 0 Å². The van der Waals surface area contributed by atoms with E-state index in [4.69, 9.17) is 9.73 Å². The Balaban J connectivity index is 0.00000341. The number of halogens is 1. The van der Waals surface area contributed by atoms with Crippen LogP contribution in [0.2, 0.25) is 0 Å². The Labute approximate surface area is 205 Å². The second kappa shape index (κ2) is 14.1. The summed E-state index contributed by atoms with van der Waals surface area (Å²) in [5, 5.41) is 7.12. The highest BCUT2D eigenvalue weighted by atomic mass is 127. The molecule has 7 nitrogen and oxygen atoms in total. The summed E-state index contributed by atoms with van der Waals surface area (Å²) >= 11 is 0. The number of aromatic nitrogens is 1. The van der Waals surface area contributed by atoms with Crippen LogP contribution in [0.15, 0.2) is 23.2 Å². The third-order valence-corrected chi connectivity index (χ3v) is 6.20. The summed E-state index contributed by atoms with van der Waals surface area (Å²) in [4.78, 5) is 14.5. The van der Waals surface area contributed by atoms with Crippen molar-refractivity contribution in [2.75, 3.05) is 64.4 Å². The number of likely N-dealkylation sites (tertiary alicyclic amines) is 1. The van der Waals surface area contributed by atoms with Crippen molar-refractivity contribution in [2.45, 2.75) is 45.6 Å². The fraction of sp³-hybridized carbons (Fsp3) is 0.739. The van der Waals surface area contributed by atoms with Gasteiger partial charge in [0.15, 0.2) is 5.96 Å². The highest BCUT2D eigenvalue weighted by Crippen LogP contribution is 2.19. The van der Waals surface area contributed by atoms with Gasteiger partial charge in [-0.2, -0.15) is 0 Å². The molecule has 2 N–H and O–H groups in total. The van der Waals surface area contributed by atoms with Crippen LogP contribution in [-0.4, -0.2) is 81.4 Å². The zero-order valence-electron chi connectivity index (χ0n) is 19.5. The number of methoxy groups -OCH3 is 1. The number of hydrogen-bond donors (Lipinski definition) is 2. The minimum atomic E-state index is 0. The van der Waals surface area contributed by atoms with Gasteiger partial charge >= 0.3 is 0 Å². The Morgan fingerprint density at radius 3 is 2.55 bits per heavy atom. The number of aliphatic imine (C=N–C) groups is 1. The molecule has 0 unspecified atom stereocenters. The maximum absolute atomic E-state index is 5.20. The van der Waals surface area contributed by atoms with Crippen molar-refractivity contribution in [3.05, 3.63) is 23.9 Å². The van der Waals surface area contributed by atoms with Crippen molar-refractivity contribution in [1.82, 2.24) is 20.5 Å². The summed E-state index contributed by atoms with van der Waals surface area (Å²) in [5.41, 5.74) is 1.08. The molecule has 2 aliphatic heterocycles. The molecule has 3 rings (SSSR count). The lowest BCUT2D eigenvalue weighted by Crippen LogP contribution is -2.49. The number of nitrogens with one attached hydrogen (secondary N) is 2. The molecule has 2 saturated heterocycles. The normalized spacial score (nSPS) is 19.2. The van der Waals surface area contributed by atoms with Gasteiger partial charge in [0.1, 0.15) is 5.82 Å². The van der Waals surface area contributed by atoms with Crippen molar-refractivity contribution < 1.29 is 4.74 Å². The maximum atomic E-state index is 5.20. The number of piperidine rings is 2. The number of ether oxygens (including phenoxy) is 1. The van der Waals surface area contributed by atoms with Gasteiger partial charge in [0, 0.05) is 51.6 Å². The topological polar surface area (TPSA) is 65.0 Å². The number of rotatable bonds is 8. The molecule has 0 amide bonds. The van der Waals surface area contributed by atoms with E-state index in [1.807, 2.05) is 0 Å². The quantitative estimate of drug-likeness (QED) is 0.298. The van der Waals surface area contributed by atoms with E-state index in [0.717, 1.165) is 69.6 Å². The van der Waals surface area contributed by atoms with Crippen LogP contribution in [0.1, 0.15) is 38.3 Å². The maximum Gasteiger partial charge on any atom is 0.191 e. The van der Waals surface area contributed by atoms with E-state index in [1.54, 1.807) is 7.11 Å². The molecule has 8 heteroatoms. The van der Waals surface area contributed by atoms with Gasteiger partial charge in [-0.25, -0.2) is 4.98 Å². The molecule has 3 heterocycles. The monoisotopic (exact) mass is 544 g/mol. The fourth-order valence-electron chi connectivity index (χ4n) is 4.30. The Kier molecular flexibility index (Phi) is 11.9. The lowest BCUT2D eigenvalue weighted by molar-refractivity contribution is 0.121. The van der Waals surface area contributed by atoms with Crippen LogP contribution in [0, 0.1) is 12.8 Å². The van der Waals surface area contributed by atoms with E-state index >= 15 is 0 Å². The Hall–Kier alpha value is -1.13. The highest BCUT2D eigenvalue weighted by molar-refractivity contribution is 14.0. The largest absolute Gasteiger partial charge is 0.383 e. The predicted molar refractivity (Wildman–Crippen MR) is 140 cm³/mol. The molecule has 1 aromatic rings. The van der Waals surface area contributed by atoms with Crippen molar-refractivity contribution in [2.24, 2.45) is 10.9 Å². The zero-order chi connectivity index (χ0) is 21.2. The lowest BCUT2D eigenvalue weighted by atomic mass is 9.97. The summed E-state index contributed by atoms with van der Waals surface area (Å²) in [6.45, 7) is 12.3. The number of nitrogens with zero attached hydrogens (tertiary/aromatic N) is 4. The van der Waals surface area contributed by atoms with Gasteiger partial charge in [-0.15, -0.1) is 24.0 Å². The first-order valence-electron chi connectivity index (χ1n) is 11.6. The SMILES string of the molecule is CCNC(=NCC1CCN(CCOC)CC1)NC1CCN(c2cccc(C)n2)CC1.I. The van der Waals surface area contributed by atoms with Crippen LogP contribution in [-0.2, 0) is 4.74 Å². The molecule has 0 radical (unpaired) electrons. The Bertz CT molecular complexity index is 657. The molecule has 0 bridgehead atoms. The summed E-state index contributed by atoms with van der Waals surface area (Å²) in [5.74, 6) is 2.77. The van der Waals surface area contributed by atoms with Crippen LogP contribution in [0.5, 0.6) is 0 Å². The number of aryl methyl sites for hydroxylation is 1. The van der Waals surface area contributed by atoms with E-state index in [2.05, 4.69) is 57.5 Å². The van der Waals surface area contributed by atoms with Crippen LogP contribution in [0.4, 0.5) is 5.82 Å². The predicted octanol–water partition coefficient (Wildman–Crippen LogP) is 2.89. The second-order valence-corrected chi connectivity index (χ2v) is 8.54. The summed E-state index contributed by atoms with van der Waals surface area (Å²) in [7, 11) is 1.78. The van der Waals surface area contributed by atoms with Crippen molar-refractivity contribution in [3.8, 4) is 0 Å². The fourth-order valence-corrected chi connectivity index (χ4v) is 4.30. The summed E-state index contributed by atoms with van der Waals surface area (Å²) < 4.78 is 5.20. The first-order valence-corrected chi connectivity index (χ1v) is 11.6. The smallest absolute Gasteiger partial charge is 0.191 e. The van der Waals surface area contributed by atoms with Crippen LogP contribution < -0.4 is 15.5 Å². The number of pyridine rings is 1. The van der Waals surface area contributed by atoms with Crippen molar-refractivity contribution in [1.29, 1.82) is 0 Å². The molecular weight excluding hydrogens is 503 g/mol. The standard InChI is InChI=1S/C23H40N6O.HI/c1-4-24-23(25-18-20-8-12-28(13-9-20)16-17-30-3)27-21-10-14-29(15-11-21)22-7-5-6-19(2)26-22;/h5-7,20-21H,4,8-18H2,1-3H3,(H2,24,25,27);1H. The van der Waals surface area contributed by atoms with Crippen LogP contribution >= 0.6 is 24.0 Å². The van der Waals surface area contributed by atoms with E-state index in [-0.39, 0.29) is 24.0 Å². The number of anilines is 1. The summed E-state index contributed by atoms with van der Waals surface area (Å²) in [6.07, 6.45) is 4.68. The second-order valence-electron chi connectivity index (χ2n) is 8.54. The average molecular weight is 545 g/mol. The molecule has 31 heavy (non-hydrogen) atoms. The van der Waals surface area contributed by atoms with E-state index in [0.29, 0.717) is 12.0 Å². The Morgan fingerprint density at radius 1 is 1.16 bits per heavy atom. The van der Waals surface area contributed by atoms with Crippen LogP contribution in [0.25, 0.3) is 0 Å². The molecule has 0 atom stereocenters. The number of guanidine groups is 1. The first kappa shape index (κ1) is 26.1. The number of hydrogen-bond acceptors (Lipinski definition) is 5. The van der Waals surface area contributed by atoms with Gasteiger partial charge in [0.25, 0.3) is 0 Å². The molecule has 0 saturated carbocycles. The molecule has 0 spiro atoms. The van der Waals surface area contributed by atoms with Crippen LogP contribution in [0.3, 0.4) is 0 Å². The highest BCUT2D eigenvalue weighted by Gasteiger charge is 2.22. The first-order chi connectivity index (χ1) is 14.7. The molecule has 2 aliphatic rings. The third-order valence-electron chi connectivity index (χ3n) is 6.20. The van der Waals surface area contributed by atoms with Gasteiger partial charge in [0.05, 0.1) is 6.61 Å². The zero-order valence-corrected chi connectivity index (χ0v) is 21.8. The summed E-state index contributed by atoms with van der Waals surface area (Å²) in [6, 6.07) is 6.74. The molecular formula is C23H41IN6O. The minimum Gasteiger partial charge on any atom is -0.383 e. The van der Waals surface area contributed by atoms with E-state index in [1.165, 1.54) is 25.9 Å². The van der Waals surface area contributed by atoms with Gasteiger partial charge in [-0.05, 0) is 70.7 Å². The van der Waals surface area contributed by atoms with E-state index < -0.39 is 0 Å². The van der Waals surface area contributed by atoms with Gasteiger partial charge in [0.2, 0.25) is 0 Å².